The number of rotatable bonds is 3. The smallest absolute Gasteiger partial charge is 0.161 e. The van der Waals surface area contributed by atoms with Gasteiger partial charge in [0.15, 0.2) is 11.5 Å². The summed E-state index contributed by atoms with van der Waals surface area (Å²) in [5.41, 5.74) is 6.46. The molecule has 1 saturated carbocycles. The molecule has 3 nitrogen and oxygen atoms in total. The Hall–Kier alpha value is -1.22. The molecule has 110 valence electrons. The lowest BCUT2D eigenvalue weighted by Gasteiger charge is -2.37. The van der Waals surface area contributed by atoms with Gasteiger partial charge in [-0.1, -0.05) is 38.3 Å². The van der Waals surface area contributed by atoms with E-state index < -0.39 is 0 Å². The van der Waals surface area contributed by atoms with Crippen LogP contribution < -0.4 is 15.2 Å². The molecule has 1 heterocycles. The zero-order valence-electron chi connectivity index (χ0n) is 12.3. The van der Waals surface area contributed by atoms with Crippen molar-refractivity contribution < 1.29 is 9.47 Å². The molecule has 0 aromatic heterocycles. The first kappa shape index (κ1) is 13.7. The van der Waals surface area contributed by atoms with Gasteiger partial charge >= 0.3 is 0 Å². The van der Waals surface area contributed by atoms with E-state index in [0.717, 1.165) is 17.4 Å². The summed E-state index contributed by atoms with van der Waals surface area (Å²) in [5.74, 6) is 3.16. The Morgan fingerprint density at radius 3 is 2.55 bits per heavy atom. The topological polar surface area (TPSA) is 44.5 Å². The number of hydrogen-bond donors (Lipinski definition) is 1. The van der Waals surface area contributed by atoms with Crippen LogP contribution in [0.3, 0.4) is 0 Å². The van der Waals surface area contributed by atoms with E-state index in [4.69, 9.17) is 15.2 Å². The van der Waals surface area contributed by atoms with Gasteiger partial charge in [0.1, 0.15) is 12.7 Å². The molecule has 1 aliphatic carbocycles. The Balaban J connectivity index is 1.60. The first-order valence-electron chi connectivity index (χ1n) is 7.92. The molecule has 3 rings (SSSR count). The van der Waals surface area contributed by atoms with Crippen LogP contribution in [-0.4, -0.2) is 18.8 Å². The van der Waals surface area contributed by atoms with E-state index in [1.807, 2.05) is 24.3 Å². The minimum atomic E-state index is -0.00641. The predicted molar refractivity (Wildman–Crippen MR) is 80.1 cm³/mol. The SMILES string of the molecule is CCC1CCC(C(N)C2COc3ccccc3O2)CC1. The number of fused-ring (bicyclic) bond motifs is 1. The Kier molecular flexibility index (Phi) is 4.16. The fourth-order valence-corrected chi connectivity index (χ4v) is 3.51. The van der Waals surface area contributed by atoms with Gasteiger partial charge in [0.25, 0.3) is 0 Å². The summed E-state index contributed by atoms with van der Waals surface area (Å²) in [6, 6.07) is 7.93. The molecule has 3 heteroatoms. The maximum atomic E-state index is 6.46. The molecule has 0 radical (unpaired) electrons. The van der Waals surface area contributed by atoms with E-state index in [9.17, 15) is 0 Å². The first-order chi connectivity index (χ1) is 9.78. The second-order valence-corrected chi connectivity index (χ2v) is 6.18. The highest BCUT2D eigenvalue weighted by Crippen LogP contribution is 2.36. The van der Waals surface area contributed by atoms with Gasteiger partial charge in [-0.3, -0.25) is 0 Å². The monoisotopic (exact) mass is 275 g/mol. The second-order valence-electron chi connectivity index (χ2n) is 6.18. The molecule has 0 bridgehead atoms. The van der Waals surface area contributed by atoms with Gasteiger partial charge in [0.2, 0.25) is 0 Å². The van der Waals surface area contributed by atoms with Crippen molar-refractivity contribution in [2.45, 2.75) is 51.2 Å². The van der Waals surface area contributed by atoms with E-state index in [0.29, 0.717) is 12.5 Å². The summed E-state index contributed by atoms with van der Waals surface area (Å²) in [5, 5.41) is 0. The van der Waals surface area contributed by atoms with Crippen LogP contribution in [0.1, 0.15) is 39.0 Å². The number of nitrogens with two attached hydrogens (primary N) is 1. The first-order valence-corrected chi connectivity index (χ1v) is 7.92. The third kappa shape index (κ3) is 2.78. The standard InChI is InChI=1S/C17H25NO2/c1-2-12-7-9-13(10-8-12)17(18)16-11-19-14-5-3-4-6-15(14)20-16/h3-6,12-13,16-17H,2,7-11,18H2,1H3. The average molecular weight is 275 g/mol. The van der Waals surface area contributed by atoms with Crippen molar-refractivity contribution in [1.82, 2.24) is 0 Å². The Bertz CT molecular complexity index is 440. The lowest BCUT2D eigenvalue weighted by molar-refractivity contribution is 0.0464. The fourth-order valence-electron chi connectivity index (χ4n) is 3.51. The molecule has 0 spiro atoms. The van der Waals surface area contributed by atoms with Crippen LogP contribution in [0.5, 0.6) is 11.5 Å². The normalized spacial score (nSPS) is 30.8. The summed E-state index contributed by atoms with van der Waals surface area (Å²) in [4.78, 5) is 0. The lowest BCUT2D eigenvalue weighted by atomic mass is 9.76. The molecule has 2 unspecified atom stereocenters. The van der Waals surface area contributed by atoms with Gasteiger partial charge in [0, 0.05) is 6.04 Å². The van der Waals surface area contributed by atoms with Crippen molar-refractivity contribution in [1.29, 1.82) is 0 Å². The number of benzene rings is 1. The van der Waals surface area contributed by atoms with Crippen LogP contribution in [0, 0.1) is 11.8 Å². The zero-order chi connectivity index (χ0) is 13.9. The number of hydrogen-bond acceptors (Lipinski definition) is 3. The highest BCUT2D eigenvalue weighted by atomic mass is 16.6. The van der Waals surface area contributed by atoms with Crippen LogP contribution in [0.2, 0.25) is 0 Å². The van der Waals surface area contributed by atoms with E-state index in [1.54, 1.807) is 0 Å². The van der Waals surface area contributed by atoms with Gasteiger partial charge in [-0.05, 0) is 36.8 Å². The third-order valence-corrected chi connectivity index (χ3v) is 4.97. The van der Waals surface area contributed by atoms with E-state index in [1.165, 1.54) is 32.1 Å². The Labute approximate surface area is 121 Å². The molecule has 1 aromatic rings. The van der Waals surface area contributed by atoms with Crippen molar-refractivity contribution in [3.8, 4) is 11.5 Å². The maximum absolute atomic E-state index is 6.46. The van der Waals surface area contributed by atoms with Crippen molar-refractivity contribution in [2.75, 3.05) is 6.61 Å². The minimum absolute atomic E-state index is 0.00641. The molecule has 2 N–H and O–H groups in total. The molecule has 1 fully saturated rings. The average Bonchev–Trinajstić information content (AvgIpc) is 2.54. The van der Waals surface area contributed by atoms with E-state index >= 15 is 0 Å². The molecular weight excluding hydrogens is 250 g/mol. The molecule has 2 aliphatic rings. The summed E-state index contributed by atoms with van der Waals surface area (Å²) in [6.45, 7) is 2.87. The van der Waals surface area contributed by atoms with Gasteiger partial charge in [-0.2, -0.15) is 0 Å². The Morgan fingerprint density at radius 1 is 1.15 bits per heavy atom. The lowest BCUT2D eigenvalue weighted by Crippen LogP contribution is -2.49. The van der Waals surface area contributed by atoms with Crippen LogP contribution >= 0.6 is 0 Å². The van der Waals surface area contributed by atoms with Crippen LogP contribution in [-0.2, 0) is 0 Å². The van der Waals surface area contributed by atoms with Gasteiger partial charge in [-0.25, -0.2) is 0 Å². The van der Waals surface area contributed by atoms with Crippen LogP contribution in [0.25, 0.3) is 0 Å². The highest BCUT2D eigenvalue weighted by molar-refractivity contribution is 5.40. The molecule has 0 saturated heterocycles. The predicted octanol–water partition coefficient (Wildman–Crippen LogP) is 3.37. The number of ether oxygens (including phenoxy) is 2. The molecular formula is C17H25NO2. The molecule has 2 atom stereocenters. The third-order valence-electron chi connectivity index (χ3n) is 4.97. The Morgan fingerprint density at radius 2 is 1.85 bits per heavy atom. The summed E-state index contributed by atoms with van der Waals surface area (Å²) >= 11 is 0. The quantitative estimate of drug-likeness (QED) is 0.920. The van der Waals surface area contributed by atoms with E-state index in [2.05, 4.69) is 6.92 Å². The van der Waals surface area contributed by atoms with Crippen molar-refractivity contribution in [3.05, 3.63) is 24.3 Å². The van der Waals surface area contributed by atoms with Crippen molar-refractivity contribution in [2.24, 2.45) is 17.6 Å². The summed E-state index contributed by atoms with van der Waals surface area (Å²) < 4.78 is 11.8. The van der Waals surface area contributed by atoms with Gasteiger partial charge < -0.3 is 15.2 Å². The van der Waals surface area contributed by atoms with Gasteiger partial charge in [0.05, 0.1) is 0 Å². The largest absolute Gasteiger partial charge is 0.486 e. The summed E-state index contributed by atoms with van der Waals surface area (Å²) in [6.07, 6.45) is 6.41. The maximum Gasteiger partial charge on any atom is 0.161 e. The second kappa shape index (κ2) is 6.04. The van der Waals surface area contributed by atoms with Crippen LogP contribution in [0.4, 0.5) is 0 Å². The number of para-hydroxylation sites is 2. The molecule has 20 heavy (non-hydrogen) atoms. The van der Waals surface area contributed by atoms with Crippen LogP contribution in [0.15, 0.2) is 24.3 Å². The van der Waals surface area contributed by atoms with Crippen molar-refractivity contribution >= 4 is 0 Å². The zero-order valence-corrected chi connectivity index (χ0v) is 12.3. The minimum Gasteiger partial charge on any atom is -0.486 e. The molecule has 0 amide bonds. The van der Waals surface area contributed by atoms with E-state index in [-0.39, 0.29) is 12.1 Å². The molecule has 1 aromatic carbocycles. The fraction of sp³-hybridized carbons (Fsp3) is 0.647. The summed E-state index contributed by atoms with van der Waals surface area (Å²) in [7, 11) is 0. The van der Waals surface area contributed by atoms with Gasteiger partial charge in [-0.15, -0.1) is 0 Å². The molecule has 1 aliphatic heterocycles. The van der Waals surface area contributed by atoms with Crippen molar-refractivity contribution in [3.63, 3.8) is 0 Å². The highest BCUT2D eigenvalue weighted by Gasteiger charge is 2.33.